The zero-order chi connectivity index (χ0) is 20.8. The minimum absolute atomic E-state index is 0.0772. The molecule has 0 aliphatic heterocycles. The third-order valence-corrected chi connectivity index (χ3v) is 4.88. The molecule has 3 aromatic rings. The van der Waals surface area contributed by atoms with Crippen molar-refractivity contribution in [3.8, 4) is 0 Å². The van der Waals surface area contributed by atoms with E-state index < -0.39 is 11.6 Å². The van der Waals surface area contributed by atoms with Crippen molar-refractivity contribution in [1.82, 2.24) is 0 Å². The number of halogens is 2. The smallest absolute Gasteiger partial charge is 0.227 e. The largest absolute Gasteiger partial charge is 0.308 e. The van der Waals surface area contributed by atoms with E-state index in [-0.39, 0.29) is 18.4 Å². The van der Waals surface area contributed by atoms with E-state index in [4.69, 9.17) is 0 Å². The topological polar surface area (TPSA) is 20.3 Å². The summed E-state index contributed by atoms with van der Waals surface area (Å²) in [4.78, 5) is 14.8. The number of amides is 1. The second-order valence-electron chi connectivity index (χ2n) is 7.46. The lowest BCUT2D eigenvalue weighted by atomic mass is 9.99. The van der Waals surface area contributed by atoms with Gasteiger partial charge in [-0.15, -0.1) is 0 Å². The lowest BCUT2D eigenvalue weighted by Gasteiger charge is -2.27. The molecule has 3 rings (SSSR count). The number of carbonyl (C=O) groups excluding carboxylic acids is 1. The molecule has 0 saturated carbocycles. The van der Waals surface area contributed by atoms with Gasteiger partial charge in [-0.25, -0.2) is 8.78 Å². The van der Waals surface area contributed by atoms with E-state index in [2.05, 4.69) is 13.8 Å². The van der Waals surface area contributed by atoms with E-state index in [9.17, 15) is 13.6 Å². The first-order valence-electron chi connectivity index (χ1n) is 9.82. The summed E-state index contributed by atoms with van der Waals surface area (Å²) in [5.74, 6) is -1.16. The zero-order valence-electron chi connectivity index (χ0n) is 16.7. The molecule has 29 heavy (non-hydrogen) atoms. The maximum absolute atomic E-state index is 13.7. The van der Waals surface area contributed by atoms with E-state index >= 15 is 0 Å². The summed E-state index contributed by atoms with van der Waals surface area (Å²) >= 11 is 0. The van der Waals surface area contributed by atoms with Gasteiger partial charge in [0.15, 0.2) is 0 Å². The lowest BCUT2D eigenvalue weighted by Crippen LogP contribution is -2.31. The fraction of sp³-hybridized carbons (Fsp3) is 0.240. The molecule has 0 heterocycles. The third kappa shape index (κ3) is 5.50. The zero-order valence-corrected chi connectivity index (χ0v) is 16.7. The first-order chi connectivity index (χ1) is 13.9. The Bertz CT molecular complexity index is 949. The second-order valence-corrected chi connectivity index (χ2v) is 7.46. The van der Waals surface area contributed by atoms with Crippen molar-refractivity contribution in [2.75, 3.05) is 4.90 Å². The van der Waals surface area contributed by atoms with Gasteiger partial charge in [-0.3, -0.25) is 4.79 Å². The average Bonchev–Trinajstić information content (AvgIpc) is 2.70. The predicted molar refractivity (Wildman–Crippen MR) is 113 cm³/mol. The Morgan fingerprint density at radius 2 is 1.48 bits per heavy atom. The highest BCUT2D eigenvalue weighted by atomic mass is 19.1. The molecular formula is C25H25F2NO. The summed E-state index contributed by atoms with van der Waals surface area (Å²) in [5.41, 5.74) is 3.31. The highest BCUT2D eigenvalue weighted by molar-refractivity contribution is 5.94. The number of hydrogen-bond donors (Lipinski definition) is 0. The summed E-state index contributed by atoms with van der Waals surface area (Å²) in [6.07, 6.45) is 0.922. The summed E-state index contributed by atoms with van der Waals surface area (Å²) in [6, 6.07) is 20.9. The van der Waals surface area contributed by atoms with Crippen molar-refractivity contribution in [2.45, 2.75) is 39.2 Å². The second kappa shape index (κ2) is 9.46. The van der Waals surface area contributed by atoms with E-state index in [0.29, 0.717) is 18.4 Å². The Kier molecular flexibility index (Phi) is 6.76. The van der Waals surface area contributed by atoms with E-state index in [1.54, 1.807) is 4.90 Å². The molecule has 0 atom stereocenters. The fourth-order valence-electron chi connectivity index (χ4n) is 3.44. The van der Waals surface area contributed by atoms with Crippen LogP contribution in [0.25, 0.3) is 0 Å². The molecule has 0 fully saturated rings. The van der Waals surface area contributed by atoms with Crippen LogP contribution < -0.4 is 4.90 Å². The van der Waals surface area contributed by atoms with Crippen LogP contribution >= 0.6 is 0 Å². The molecule has 0 radical (unpaired) electrons. The fourth-order valence-corrected chi connectivity index (χ4v) is 3.44. The third-order valence-electron chi connectivity index (χ3n) is 4.88. The van der Waals surface area contributed by atoms with Gasteiger partial charge in [0.1, 0.15) is 11.6 Å². The first-order valence-corrected chi connectivity index (χ1v) is 9.82. The maximum atomic E-state index is 13.7. The van der Waals surface area contributed by atoms with Crippen LogP contribution in [-0.2, 0) is 17.8 Å². The number of carbonyl (C=O) groups is 1. The standard InChI is InChI=1S/C25H25F2NO/c1-18(2)23-10-6-7-11-24(23)28(17-20-14-21(26)16-22(27)15-20)25(29)13-12-19-8-4-3-5-9-19/h3-11,14-16,18H,12-13,17H2,1-2H3. The van der Waals surface area contributed by atoms with E-state index in [1.807, 2.05) is 54.6 Å². The van der Waals surface area contributed by atoms with E-state index in [1.165, 1.54) is 12.1 Å². The highest BCUT2D eigenvalue weighted by Gasteiger charge is 2.20. The Morgan fingerprint density at radius 1 is 0.862 bits per heavy atom. The van der Waals surface area contributed by atoms with Gasteiger partial charge in [0, 0.05) is 18.2 Å². The summed E-state index contributed by atoms with van der Waals surface area (Å²) in [5, 5.41) is 0. The summed E-state index contributed by atoms with van der Waals surface area (Å²) < 4.78 is 27.4. The number of benzene rings is 3. The predicted octanol–water partition coefficient (Wildman–Crippen LogP) is 6.25. The number of rotatable bonds is 7. The Morgan fingerprint density at radius 3 is 2.14 bits per heavy atom. The van der Waals surface area contributed by atoms with Gasteiger partial charge >= 0.3 is 0 Å². The molecule has 1 amide bonds. The number of para-hydroxylation sites is 1. The average molecular weight is 393 g/mol. The summed E-state index contributed by atoms with van der Waals surface area (Å²) in [6.45, 7) is 4.24. The van der Waals surface area contributed by atoms with E-state index in [0.717, 1.165) is 22.9 Å². The molecule has 0 aliphatic rings. The molecule has 150 valence electrons. The summed E-state index contributed by atoms with van der Waals surface area (Å²) in [7, 11) is 0. The number of anilines is 1. The molecular weight excluding hydrogens is 368 g/mol. The molecule has 0 bridgehead atoms. The first kappa shape index (κ1) is 20.7. The Hall–Kier alpha value is -3.01. The number of aryl methyl sites for hydroxylation is 1. The minimum atomic E-state index is -0.645. The van der Waals surface area contributed by atoms with Crippen molar-refractivity contribution in [3.05, 3.63) is 101 Å². The monoisotopic (exact) mass is 393 g/mol. The van der Waals surface area contributed by atoms with Crippen molar-refractivity contribution in [1.29, 1.82) is 0 Å². The van der Waals surface area contributed by atoms with Crippen LogP contribution in [0.4, 0.5) is 14.5 Å². The minimum Gasteiger partial charge on any atom is -0.308 e. The quantitative estimate of drug-likeness (QED) is 0.464. The molecule has 0 N–H and O–H groups in total. The molecule has 0 spiro atoms. The van der Waals surface area contributed by atoms with Gasteiger partial charge in [-0.05, 0) is 47.2 Å². The molecule has 2 nitrogen and oxygen atoms in total. The number of nitrogens with zero attached hydrogens (tertiary/aromatic N) is 1. The van der Waals surface area contributed by atoms with Crippen LogP contribution in [-0.4, -0.2) is 5.91 Å². The maximum Gasteiger partial charge on any atom is 0.227 e. The van der Waals surface area contributed by atoms with Crippen molar-refractivity contribution >= 4 is 11.6 Å². The Balaban J connectivity index is 1.91. The SMILES string of the molecule is CC(C)c1ccccc1N(Cc1cc(F)cc(F)c1)C(=O)CCc1ccccc1. The van der Waals surface area contributed by atoms with Crippen LogP contribution in [0.3, 0.4) is 0 Å². The molecule has 0 saturated heterocycles. The van der Waals surface area contributed by atoms with Crippen LogP contribution in [0.2, 0.25) is 0 Å². The molecule has 3 aromatic carbocycles. The highest BCUT2D eigenvalue weighted by Crippen LogP contribution is 2.29. The van der Waals surface area contributed by atoms with Gasteiger partial charge in [0.25, 0.3) is 0 Å². The van der Waals surface area contributed by atoms with Crippen LogP contribution in [0.5, 0.6) is 0 Å². The van der Waals surface area contributed by atoms with Gasteiger partial charge < -0.3 is 4.90 Å². The molecule has 4 heteroatoms. The molecule has 0 unspecified atom stereocenters. The van der Waals surface area contributed by atoms with Crippen LogP contribution in [0.15, 0.2) is 72.8 Å². The molecule has 0 aromatic heterocycles. The van der Waals surface area contributed by atoms with Gasteiger partial charge in [-0.1, -0.05) is 62.4 Å². The van der Waals surface area contributed by atoms with Gasteiger partial charge in [0.2, 0.25) is 5.91 Å². The lowest BCUT2D eigenvalue weighted by molar-refractivity contribution is -0.118. The molecule has 0 aliphatic carbocycles. The van der Waals surface area contributed by atoms with Crippen molar-refractivity contribution < 1.29 is 13.6 Å². The van der Waals surface area contributed by atoms with Crippen LogP contribution in [0.1, 0.15) is 42.9 Å². The normalized spacial score (nSPS) is 10.9. The number of hydrogen-bond acceptors (Lipinski definition) is 1. The van der Waals surface area contributed by atoms with Gasteiger partial charge in [0.05, 0.1) is 6.54 Å². The van der Waals surface area contributed by atoms with Crippen LogP contribution in [0, 0.1) is 11.6 Å². The van der Waals surface area contributed by atoms with Crippen molar-refractivity contribution in [2.24, 2.45) is 0 Å². The van der Waals surface area contributed by atoms with Gasteiger partial charge in [-0.2, -0.15) is 0 Å². The Labute approximate surface area is 170 Å². The van der Waals surface area contributed by atoms with Crippen molar-refractivity contribution in [3.63, 3.8) is 0 Å².